The summed E-state index contributed by atoms with van der Waals surface area (Å²) in [6.07, 6.45) is 3.40. The zero-order chi connectivity index (χ0) is 25.1. The Kier molecular flexibility index (Phi) is 7.31. The van der Waals surface area contributed by atoms with Gasteiger partial charge in [-0.1, -0.05) is 12.1 Å². The summed E-state index contributed by atoms with van der Waals surface area (Å²) in [5.74, 6) is -0.0589. The lowest BCUT2D eigenvalue weighted by atomic mass is 9.92. The molecule has 1 fully saturated rings. The van der Waals surface area contributed by atoms with E-state index in [0.29, 0.717) is 36.1 Å². The Morgan fingerprint density at radius 1 is 1.17 bits per heavy atom. The highest BCUT2D eigenvalue weighted by Crippen LogP contribution is 2.44. The molecule has 0 radical (unpaired) electrons. The van der Waals surface area contributed by atoms with E-state index in [1.807, 2.05) is 56.3 Å². The van der Waals surface area contributed by atoms with E-state index in [4.69, 9.17) is 10.5 Å². The van der Waals surface area contributed by atoms with Crippen LogP contribution < -0.4 is 16.4 Å². The largest absolute Gasteiger partial charge is 0.396 e. The van der Waals surface area contributed by atoms with Gasteiger partial charge >= 0.3 is 6.03 Å². The fourth-order valence-electron chi connectivity index (χ4n) is 4.48. The molecule has 4 N–H and O–H groups in total. The number of nitrogens with one attached hydrogen (secondary N) is 2. The second-order valence-corrected chi connectivity index (χ2v) is 9.50. The van der Waals surface area contributed by atoms with Gasteiger partial charge in [0, 0.05) is 55.0 Å². The van der Waals surface area contributed by atoms with E-state index in [1.54, 1.807) is 19.1 Å². The lowest BCUT2D eigenvalue weighted by Gasteiger charge is -2.30. The summed E-state index contributed by atoms with van der Waals surface area (Å²) < 4.78 is 7.43. The number of carbonyl (C=O) groups is 2. The Balaban J connectivity index is 1.70. The van der Waals surface area contributed by atoms with Crippen LogP contribution in [0, 0.1) is 0 Å². The third-order valence-corrected chi connectivity index (χ3v) is 6.54. The third-order valence-electron chi connectivity index (χ3n) is 6.54. The van der Waals surface area contributed by atoms with E-state index in [1.165, 1.54) is 6.42 Å². The molecule has 3 amide bonds. The minimum Gasteiger partial charge on any atom is -0.396 e. The molecule has 1 aromatic heterocycles. The molecule has 1 aliphatic rings. The molecule has 8 heteroatoms. The number of urea groups is 1. The summed E-state index contributed by atoms with van der Waals surface area (Å²) in [7, 11) is 3.40. The first kappa shape index (κ1) is 24.6. The van der Waals surface area contributed by atoms with Crippen molar-refractivity contribution in [1.29, 1.82) is 0 Å². The van der Waals surface area contributed by atoms with Crippen LogP contribution in [0.25, 0.3) is 22.2 Å². The van der Waals surface area contributed by atoms with Crippen LogP contribution in [-0.2, 0) is 4.74 Å². The zero-order valence-corrected chi connectivity index (χ0v) is 20.9. The molecule has 35 heavy (non-hydrogen) atoms. The molecule has 0 bridgehead atoms. The van der Waals surface area contributed by atoms with Gasteiger partial charge in [0.25, 0.3) is 5.91 Å². The fourth-order valence-corrected chi connectivity index (χ4v) is 4.48. The molecule has 1 heterocycles. The van der Waals surface area contributed by atoms with Crippen molar-refractivity contribution in [2.45, 2.75) is 45.2 Å². The van der Waals surface area contributed by atoms with Crippen molar-refractivity contribution in [1.82, 2.24) is 14.8 Å². The van der Waals surface area contributed by atoms with Crippen LogP contribution in [0.4, 0.5) is 16.2 Å². The van der Waals surface area contributed by atoms with E-state index >= 15 is 0 Å². The number of methoxy groups -OCH3 is 1. The second-order valence-electron chi connectivity index (χ2n) is 9.50. The van der Waals surface area contributed by atoms with Crippen molar-refractivity contribution in [3.8, 4) is 11.3 Å². The predicted octanol–water partition coefficient (Wildman–Crippen LogP) is 4.86. The number of fused-ring (bicyclic) bond motifs is 1. The van der Waals surface area contributed by atoms with Gasteiger partial charge in [0.05, 0.1) is 23.5 Å². The second kappa shape index (κ2) is 10.4. The van der Waals surface area contributed by atoms with Gasteiger partial charge < -0.3 is 30.6 Å². The number of nitrogens with two attached hydrogens (primary N) is 1. The van der Waals surface area contributed by atoms with Crippen molar-refractivity contribution in [2.24, 2.45) is 0 Å². The van der Waals surface area contributed by atoms with Gasteiger partial charge in [-0.3, -0.25) is 4.79 Å². The average Bonchev–Trinajstić information content (AvgIpc) is 3.07. The van der Waals surface area contributed by atoms with Gasteiger partial charge in [0.15, 0.2) is 0 Å². The molecular formula is C27H35N5O3. The number of ether oxygens (including phenoxy) is 1. The molecule has 1 saturated carbocycles. The van der Waals surface area contributed by atoms with Crippen molar-refractivity contribution in [3.63, 3.8) is 0 Å². The maximum absolute atomic E-state index is 12.9. The van der Waals surface area contributed by atoms with E-state index in [0.717, 1.165) is 35.0 Å². The van der Waals surface area contributed by atoms with E-state index in [-0.39, 0.29) is 18.0 Å². The third kappa shape index (κ3) is 5.12. The van der Waals surface area contributed by atoms with Crippen molar-refractivity contribution < 1.29 is 14.3 Å². The quantitative estimate of drug-likeness (QED) is 0.431. The zero-order valence-electron chi connectivity index (χ0n) is 20.9. The number of anilines is 2. The number of nitrogens with zero attached hydrogens (tertiary/aromatic N) is 2. The van der Waals surface area contributed by atoms with Gasteiger partial charge in [-0.15, -0.1) is 0 Å². The highest BCUT2D eigenvalue weighted by Gasteiger charge is 2.27. The number of rotatable bonds is 8. The first-order valence-electron chi connectivity index (χ1n) is 12.2. The summed E-state index contributed by atoms with van der Waals surface area (Å²) >= 11 is 0. The number of hydrogen-bond acceptors (Lipinski definition) is 4. The van der Waals surface area contributed by atoms with Crippen LogP contribution in [0.1, 0.15) is 49.5 Å². The van der Waals surface area contributed by atoms with Crippen LogP contribution >= 0.6 is 0 Å². The van der Waals surface area contributed by atoms with Crippen LogP contribution in [0.2, 0.25) is 0 Å². The van der Waals surface area contributed by atoms with Gasteiger partial charge in [0.1, 0.15) is 0 Å². The maximum Gasteiger partial charge on any atom is 0.319 e. The smallest absolute Gasteiger partial charge is 0.319 e. The van der Waals surface area contributed by atoms with Gasteiger partial charge in [-0.25, -0.2) is 4.79 Å². The molecule has 186 valence electrons. The Morgan fingerprint density at radius 2 is 1.89 bits per heavy atom. The molecule has 0 unspecified atom stereocenters. The van der Waals surface area contributed by atoms with Crippen molar-refractivity contribution in [3.05, 3.63) is 48.0 Å². The SMILES string of the molecule is COCCN(C)C(=O)c1ccc2c(c1)c(N)c(-c1ccc(NC(=O)NC(C)C)cc1)n2C1CCC1. The minimum absolute atomic E-state index is 0.0589. The van der Waals surface area contributed by atoms with E-state index in [2.05, 4.69) is 15.2 Å². The Bertz CT molecular complexity index is 1210. The molecule has 0 spiro atoms. The normalized spacial score (nSPS) is 13.6. The summed E-state index contributed by atoms with van der Waals surface area (Å²) in [5.41, 5.74) is 11.7. The number of amides is 3. The van der Waals surface area contributed by atoms with E-state index in [9.17, 15) is 9.59 Å². The maximum atomic E-state index is 12.9. The van der Waals surface area contributed by atoms with Gasteiger partial charge in [-0.05, 0) is 63.4 Å². The fraction of sp³-hybridized carbons (Fsp3) is 0.407. The van der Waals surface area contributed by atoms with Crippen LogP contribution in [-0.4, -0.2) is 54.8 Å². The minimum atomic E-state index is -0.233. The lowest BCUT2D eigenvalue weighted by molar-refractivity contribution is 0.0744. The number of aromatic nitrogens is 1. The predicted molar refractivity (Wildman–Crippen MR) is 141 cm³/mol. The number of carbonyl (C=O) groups excluding carboxylic acids is 2. The molecule has 8 nitrogen and oxygen atoms in total. The first-order chi connectivity index (χ1) is 16.8. The van der Waals surface area contributed by atoms with Gasteiger partial charge in [0.2, 0.25) is 0 Å². The van der Waals surface area contributed by atoms with Crippen molar-refractivity contribution >= 4 is 34.2 Å². The molecule has 3 aromatic rings. The highest BCUT2D eigenvalue weighted by molar-refractivity contribution is 6.05. The Labute approximate surface area is 206 Å². The van der Waals surface area contributed by atoms with Crippen molar-refractivity contribution in [2.75, 3.05) is 38.4 Å². The number of nitrogen functional groups attached to an aromatic ring is 1. The summed E-state index contributed by atoms with van der Waals surface area (Å²) in [6.45, 7) is 4.84. The standard InChI is InChI=1S/C27H35N5O3/c1-17(2)29-27(34)30-20-11-8-18(9-12-20)25-24(28)22-16-19(26(33)31(3)14-15-35-4)10-13-23(22)32(25)21-6-5-7-21/h8-13,16-17,21H,5-7,14-15,28H2,1-4H3,(H2,29,30,34). The number of benzene rings is 2. The molecule has 0 saturated heterocycles. The van der Waals surface area contributed by atoms with Gasteiger partial charge in [-0.2, -0.15) is 0 Å². The van der Waals surface area contributed by atoms with E-state index < -0.39 is 0 Å². The van der Waals surface area contributed by atoms with Crippen LogP contribution in [0.5, 0.6) is 0 Å². The average molecular weight is 478 g/mol. The first-order valence-corrected chi connectivity index (χ1v) is 12.2. The molecule has 0 atom stereocenters. The topological polar surface area (TPSA) is 102 Å². The molecule has 2 aromatic carbocycles. The monoisotopic (exact) mass is 477 g/mol. The summed E-state index contributed by atoms with van der Waals surface area (Å²) in [5, 5.41) is 6.57. The molecular weight excluding hydrogens is 442 g/mol. The Hall–Kier alpha value is -3.52. The molecule has 0 aliphatic heterocycles. The Morgan fingerprint density at radius 3 is 2.49 bits per heavy atom. The highest BCUT2D eigenvalue weighted by atomic mass is 16.5. The van der Waals surface area contributed by atoms with Crippen LogP contribution in [0.15, 0.2) is 42.5 Å². The molecule has 4 rings (SSSR count). The lowest BCUT2D eigenvalue weighted by Crippen LogP contribution is -2.34. The number of likely N-dealkylation sites (N-methyl/N-ethyl adjacent to an activating group) is 1. The molecule has 1 aliphatic carbocycles. The summed E-state index contributed by atoms with van der Waals surface area (Å²) in [4.78, 5) is 26.7. The number of hydrogen-bond donors (Lipinski definition) is 3. The van der Waals surface area contributed by atoms with Crippen LogP contribution in [0.3, 0.4) is 0 Å². The summed E-state index contributed by atoms with van der Waals surface area (Å²) in [6, 6.07) is 13.7.